The molecule has 0 unspecified atom stereocenters. The van der Waals surface area contributed by atoms with Crippen LogP contribution in [0, 0.1) is 0 Å². The molecule has 0 saturated carbocycles. The van der Waals surface area contributed by atoms with E-state index in [1.165, 1.54) is 0 Å². The van der Waals surface area contributed by atoms with Crippen molar-refractivity contribution in [1.29, 1.82) is 0 Å². The van der Waals surface area contributed by atoms with Gasteiger partial charge in [0.25, 0.3) is 0 Å². The third-order valence-electron chi connectivity index (χ3n) is 3.08. The highest BCUT2D eigenvalue weighted by atomic mass is 35.5. The Labute approximate surface area is 140 Å². The van der Waals surface area contributed by atoms with Gasteiger partial charge in [-0.1, -0.05) is 54.1 Å². The van der Waals surface area contributed by atoms with Gasteiger partial charge in [0.05, 0.1) is 7.11 Å². The molecular formula is C18H18ClNO3. The second kappa shape index (κ2) is 8.86. The highest BCUT2D eigenvalue weighted by Gasteiger charge is 2.01. The molecule has 5 heteroatoms. The van der Waals surface area contributed by atoms with Crippen molar-refractivity contribution >= 4 is 23.8 Å². The first-order valence-electron chi connectivity index (χ1n) is 7.13. The molecule has 1 N–H and O–H groups in total. The molecule has 4 nitrogen and oxygen atoms in total. The summed E-state index contributed by atoms with van der Waals surface area (Å²) in [5, 5.41) is 3.27. The van der Waals surface area contributed by atoms with E-state index >= 15 is 0 Å². The van der Waals surface area contributed by atoms with Gasteiger partial charge >= 0.3 is 6.09 Å². The molecule has 0 aliphatic carbocycles. The zero-order valence-corrected chi connectivity index (χ0v) is 13.5. The minimum atomic E-state index is -0.463. The summed E-state index contributed by atoms with van der Waals surface area (Å²) >= 11 is 6.09. The van der Waals surface area contributed by atoms with Gasteiger partial charge in [-0.05, 0) is 29.3 Å². The number of carbonyl (C=O) groups is 1. The fraction of sp³-hybridized carbons (Fsp3) is 0.167. The second-order valence-electron chi connectivity index (χ2n) is 4.73. The van der Waals surface area contributed by atoms with Gasteiger partial charge < -0.3 is 14.8 Å². The zero-order valence-electron chi connectivity index (χ0n) is 12.8. The number of amides is 1. The summed E-state index contributed by atoms with van der Waals surface area (Å²) in [5.41, 5.74) is 1.77. The highest BCUT2D eigenvalue weighted by Crippen LogP contribution is 2.22. The Morgan fingerprint density at radius 2 is 2.00 bits per heavy atom. The number of hydrogen-bond donors (Lipinski definition) is 1. The average Bonchev–Trinajstić information content (AvgIpc) is 2.59. The van der Waals surface area contributed by atoms with Crippen LogP contribution >= 0.6 is 11.6 Å². The lowest BCUT2D eigenvalue weighted by Gasteiger charge is -2.05. The van der Waals surface area contributed by atoms with E-state index in [-0.39, 0.29) is 6.61 Å². The largest absolute Gasteiger partial charge is 0.497 e. The lowest BCUT2D eigenvalue weighted by molar-refractivity contribution is 0.141. The number of halogens is 1. The smallest absolute Gasteiger partial charge is 0.407 e. The molecule has 0 heterocycles. The van der Waals surface area contributed by atoms with Crippen LogP contribution < -0.4 is 10.1 Å². The normalized spacial score (nSPS) is 10.5. The Morgan fingerprint density at radius 1 is 1.22 bits per heavy atom. The van der Waals surface area contributed by atoms with Crippen molar-refractivity contribution in [2.45, 2.75) is 6.61 Å². The summed E-state index contributed by atoms with van der Waals surface area (Å²) in [6.45, 7) is 0.596. The number of methoxy groups -OCH3 is 1. The van der Waals surface area contributed by atoms with Gasteiger partial charge in [0, 0.05) is 11.6 Å². The minimum Gasteiger partial charge on any atom is -0.497 e. The van der Waals surface area contributed by atoms with Gasteiger partial charge in [-0.2, -0.15) is 0 Å². The molecule has 0 aliphatic heterocycles. The van der Waals surface area contributed by atoms with Crippen LogP contribution in [0.4, 0.5) is 4.79 Å². The molecule has 2 rings (SSSR count). The quantitative estimate of drug-likeness (QED) is 0.859. The summed E-state index contributed by atoms with van der Waals surface area (Å²) in [4.78, 5) is 11.6. The number of benzene rings is 2. The fourth-order valence-electron chi connectivity index (χ4n) is 1.88. The van der Waals surface area contributed by atoms with E-state index in [0.29, 0.717) is 11.6 Å². The predicted molar refractivity (Wildman–Crippen MR) is 91.7 cm³/mol. The van der Waals surface area contributed by atoms with Gasteiger partial charge in [0.15, 0.2) is 0 Å². The number of ether oxygens (including phenoxy) is 2. The van der Waals surface area contributed by atoms with E-state index in [0.717, 1.165) is 16.9 Å². The van der Waals surface area contributed by atoms with Crippen LogP contribution in [0.5, 0.6) is 5.75 Å². The topological polar surface area (TPSA) is 47.6 Å². The summed E-state index contributed by atoms with van der Waals surface area (Å²) < 4.78 is 10.3. The van der Waals surface area contributed by atoms with E-state index in [1.54, 1.807) is 25.3 Å². The maximum absolute atomic E-state index is 11.6. The van der Waals surface area contributed by atoms with Crippen molar-refractivity contribution < 1.29 is 14.3 Å². The van der Waals surface area contributed by atoms with Crippen molar-refractivity contribution in [2.24, 2.45) is 0 Å². The minimum absolute atomic E-state index is 0.248. The van der Waals surface area contributed by atoms with Crippen LogP contribution in [0.2, 0.25) is 5.02 Å². The molecule has 1 amide bonds. The molecule has 0 bridgehead atoms. The summed E-state index contributed by atoms with van der Waals surface area (Å²) in [6, 6.07) is 14.9. The summed E-state index contributed by atoms with van der Waals surface area (Å²) in [6.07, 6.45) is 3.16. The Bertz CT molecular complexity index is 671. The van der Waals surface area contributed by atoms with Crippen LogP contribution in [0.3, 0.4) is 0 Å². The lowest BCUT2D eigenvalue weighted by atomic mass is 10.2. The van der Waals surface area contributed by atoms with Crippen molar-refractivity contribution in [3.05, 3.63) is 70.8 Å². The van der Waals surface area contributed by atoms with Crippen LogP contribution in [0.1, 0.15) is 11.1 Å². The Hall–Kier alpha value is -2.46. The first-order chi connectivity index (χ1) is 11.2. The molecule has 0 spiro atoms. The van der Waals surface area contributed by atoms with Crippen LogP contribution in [0.15, 0.2) is 54.6 Å². The van der Waals surface area contributed by atoms with E-state index < -0.39 is 6.09 Å². The van der Waals surface area contributed by atoms with E-state index in [9.17, 15) is 4.79 Å². The molecule has 2 aromatic carbocycles. The molecular weight excluding hydrogens is 314 g/mol. The van der Waals surface area contributed by atoms with Gasteiger partial charge in [-0.15, -0.1) is 0 Å². The second-order valence-corrected chi connectivity index (χ2v) is 5.14. The molecule has 0 aromatic heterocycles. The first-order valence-corrected chi connectivity index (χ1v) is 7.51. The first kappa shape index (κ1) is 16.9. The number of carbonyl (C=O) groups excluding carboxylic acids is 1. The van der Waals surface area contributed by atoms with Crippen molar-refractivity contribution in [1.82, 2.24) is 5.32 Å². The number of rotatable bonds is 6. The zero-order chi connectivity index (χ0) is 16.5. The molecule has 0 radical (unpaired) electrons. The monoisotopic (exact) mass is 331 g/mol. The Balaban J connectivity index is 1.77. The van der Waals surface area contributed by atoms with E-state index in [1.807, 2.05) is 42.5 Å². The third kappa shape index (κ3) is 5.68. The van der Waals surface area contributed by atoms with E-state index in [2.05, 4.69) is 5.32 Å². The van der Waals surface area contributed by atoms with Crippen LogP contribution in [-0.4, -0.2) is 19.7 Å². The van der Waals surface area contributed by atoms with Gasteiger partial charge in [-0.25, -0.2) is 4.79 Å². The summed E-state index contributed by atoms with van der Waals surface area (Å²) in [7, 11) is 1.60. The van der Waals surface area contributed by atoms with Crippen molar-refractivity contribution in [3.8, 4) is 5.75 Å². The van der Waals surface area contributed by atoms with Gasteiger partial charge in [-0.3, -0.25) is 0 Å². The maximum atomic E-state index is 11.6. The molecule has 0 saturated heterocycles. The molecule has 0 aliphatic rings. The van der Waals surface area contributed by atoms with Crippen LogP contribution in [0.25, 0.3) is 6.08 Å². The molecule has 0 atom stereocenters. The van der Waals surface area contributed by atoms with Gasteiger partial charge in [0.1, 0.15) is 12.4 Å². The summed E-state index contributed by atoms with van der Waals surface area (Å²) in [5.74, 6) is 0.726. The third-order valence-corrected chi connectivity index (χ3v) is 3.42. The van der Waals surface area contributed by atoms with Gasteiger partial charge in [0.2, 0.25) is 0 Å². The maximum Gasteiger partial charge on any atom is 0.407 e. The predicted octanol–water partition coefficient (Wildman–Crippen LogP) is 4.29. The number of alkyl carbamates (subject to hydrolysis) is 1. The molecule has 23 heavy (non-hydrogen) atoms. The lowest BCUT2D eigenvalue weighted by Crippen LogP contribution is -2.24. The van der Waals surface area contributed by atoms with E-state index in [4.69, 9.17) is 21.1 Å². The van der Waals surface area contributed by atoms with Crippen molar-refractivity contribution in [3.63, 3.8) is 0 Å². The molecule has 0 fully saturated rings. The standard InChI is InChI=1S/C18H18ClNO3/c1-22-16-9-10-17(19)15(12-16)8-5-11-20-18(21)23-13-14-6-3-2-4-7-14/h2-10,12H,11,13H2,1H3,(H,20,21). The number of hydrogen-bond acceptors (Lipinski definition) is 3. The molecule has 2 aromatic rings. The van der Waals surface area contributed by atoms with Crippen LogP contribution in [-0.2, 0) is 11.3 Å². The average molecular weight is 332 g/mol. The SMILES string of the molecule is COc1ccc(Cl)c(C=CCNC(=O)OCc2ccccc2)c1. The van der Waals surface area contributed by atoms with Crippen molar-refractivity contribution in [2.75, 3.05) is 13.7 Å². The molecule has 120 valence electrons. The number of nitrogens with one attached hydrogen (secondary N) is 1. The fourth-order valence-corrected chi connectivity index (χ4v) is 2.06. The highest BCUT2D eigenvalue weighted by molar-refractivity contribution is 6.32. The Morgan fingerprint density at radius 3 is 2.74 bits per heavy atom. The Kier molecular flexibility index (Phi) is 6.51.